The summed E-state index contributed by atoms with van der Waals surface area (Å²) in [4.78, 5) is 46.2. The van der Waals surface area contributed by atoms with E-state index in [1.165, 1.54) is 18.2 Å². The van der Waals surface area contributed by atoms with E-state index in [9.17, 15) is 14.0 Å². The average Bonchev–Trinajstić information content (AvgIpc) is 3.54. The molecule has 3 aromatic heterocycles. The minimum absolute atomic E-state index is 0.0675. The van der Waals surface area contributed by atoms with E-state index >= 15 is 0 Å². The van der Waals surface area contributed by atoms with Crippen LogP contribution in [0.5, 0.6) is 0 Å². The fourth-order valence-corrected chi connectivity index (χ4v) is 5.63. The summed E-state index contributed by atoms with van der Waals surface area (Å²) in [6.45, 7) is 5.80. The van der Waals surface area contributed by atoms with Crippen molar-refractivity contribution in [2.45, 2.75) is 51.4 Å². The van der Waals surface area contributed by atoms with Gasteiger partial charge in [0.15, 0.2) is 17.0 Å². The molecule has 1 unspecified atom stereocenters. The number of aromatic amines is 1. The first-order chi connectivity index (χ1) is 17.4. The molecule has 1 aromatic carbocycles. The first-order valence-electron chi connectivity index (χ1n) is 12.5. The number of aromatic nitrogens is 6. The molecule has 188 valence electrons. The molecular formula is C25H29FN8O2. The fourth-order valence-electron chi connectivity index (χ4n) is 5.63. The summed E-state index contributed by atoms with van der Waals surface area (Å²) in [5, 5.41) is 0. The van der Waals surface area contributed by atoms with Gasteiger partial charge >= 0.3 is 5.69 Å². The van der Waals surface area contributed by atoms with Gasteiger partial charge in [0, 0.05) is 38.6 Å². The Balaban J connectivity index is 1.28. The molecule has 2 saturated heterocycles. The molecule has 0 spiro atoms. The summed E-state index contributed by atoms with van der Waals surface area (Å²) >= 11 is 0. The van der Waals surface area contributed by atoms with Gasteiger partial charge in [0.05, 0.1) is 17.6 Å². The number of imidazole rings is 2. The number of hydrogen-bond acceptors (Lipinski definition) is 6. The number of piperidine rings is 1. The largest absolute Gasteiger partial charge is 0.355 e. The zero-order valence-electron chi connectivity index (χ0n) is 20.4. The number of anilines is 1. The van der Waals surface area contributed by atoms with Crippen molar-refractivity contribution in [3.05, 3.63) is 46.9 Å². The topological polar surface area (TPSA) is 105 Å². The molecule has 11 heteroatoms. The van der Waals surface area contributed by atoms with Gasteiger partial charge in [0.2, 0.25) is 5.82 Å². The Kier molecular flexibility index (Phi) is 5.31. The zero-order chi connectivity index (χ0) is 25.0. The highest BCUT2D eigenvalue weighted by Gasteiger charge is 2.38. The second kappa shape index (κ2) is 8.42. The minimum atomic E-state index is -1.37. The molecule has 2 aliphatic heterocycles. The van der Waals surface area contributed by atoms with Crippen molar-refractivity contribution in [2.24, 2.45) is 0 Å². The number of H-pyrrole nitrogens is 1. The van der Waals surface area contributed by atoms with Crippen LogP contribution in [0.4, 0.5) is 10.2 Å². The number of alkyl halides is 1. The molecule has 0 bridgehead atoms. The van der Waals surface area contributed by atoms with Gasteiger partial charge in [0.25, 0.3) is 5.91 Å². The van der Waals surface area contributed by atoms with Crippen LogP contribution in [0.25, 0.3) is 22.2 Å². The smallest absolute Gasteiger partial charge is 0.326 e. The maximum absolute atomic E-state index is 14.4. The maximum atomic E-state index is 14.4. The van der Waals surface area contributed by atoms with Crippen LogP contribution in [0.15, 0.2) is 35.4 Å². The summed E-state index contributed by atoms with van der Waals surface area (Å²) in [5.41, 5.74) is 1.48. The maximum Gasteiger partial charge on any atom is 0.326 e. The third-order valence-electron chi connectivity index (χ3n) is 7.48. The Hall–Kier alpha value is -3.76. The number of nitrogens with one attached hydrogen (secondary N) is 1. The number of rotatable bonds is 4. The lowest BCUT2D eigenvalue weighted by Gasteiger charge is -2.33. The lowest BCUT2D eigenvalue weighted by atomic mass is 10.0. The quantitative estimate of drug-likeness (QED) is 0.470. The van der Waals surface area contributed by atoms with E-state index in [2.05, 4.69) is 19.9 Å². The van der Waals surface area contributed by atoms with Gasteiger partial charge < -0.3 is 19.4 Å². The number of carbonyl (C=O) groups excluding carboxylic acids is 1. The number of halogens is 1. The third kappa shape index (κ3) is 3.64. The van der Waals surface area contributed by atoms with E-state index in [0.717, 1.165) is 23.9 Å². The van der Waals surface area contributed by atoms with Gasteiger partial charge in [-0.25, -0.2) is 24.1 Å². The van der Waals surface area contributed by atoms with Crippen LogP contribution in [0.2, 0.25) is 0 Å². The van der Waals surface area contributed by atoms with Crippen LogP contribution in [-0.4, -0.2) is 71.7 Å². The van der Waals surface area contributed by atoms with Crippen molar-refractivity contribution < 1.29 is 9.18 Å². The van der Waals surface area contributed by atoms with E-state index in [1.807, 2.05) is 35.8 Å². The highest BCUT2D eigenvalue weighted by molar-refractivity contribution is 5.96. The van der Waals surface area contributed by atoms with Crippen LogP contribution in [0.3, 0.4) is 0 Å². The number of benzene rings is 1. The van der Waals surface area contributed by atoms with Gasteiger partial charge in [-0.3, -0.25) is 9.36 Å². The molecule has 0 aliphatic carbocycles. The van der Waals surface area contributed by atoms with Gasteiger partial charge in [-0.15, -0.1) is 0 Å². The SMILES string of the molecule is CCn1c(C(=O)N2CCC(C)(F)C2)nc2c(N3CCC(n4c(=O)[nH]c5ccccc54)CC3)ncnc21. The second-order valence-electron chi connectivity index (χ2n) is 9.97. The Morgan fingerprint density at radius 3 is 2.69 bits per heavy atom. The Morgan fingerprint density at radius 1 is 1.19 bits per heavy atom. The number of amides is 1. The van der Waals surface area contributed by atoms with Crippen LogP contribution < -0.4 is 10.6 Å². The Labute approximate surface area is 206 Å². The van der Waals surface area contributed by atoms with Crippen molar-refractivity contribution >= 4 is 33.9 Å². The molecule has 1 atom stereocenters. The van der Waals surface area contributed by atoms with Crippen LogP contribution in [0.1, 0.15) is 49.8 Å². The predicted molar refractivity (Wildman–Crippen MR) is 134 cm³/mol. The number of fused-ring (bicyclic) bond motifs is 2. The molecule has 1 amide bonds. The molecule has 2 aliphatic rings. The third-order valence-corrected chi connectivity index (χ3v) is 7.48. The molecule has 5 heterocycles. The molecule has 4 aromatic rings. The van der Waals surface area contributed by atoms with Crippen LogP contribution >= 0.6 is 0 Å². The highest BCUT2D eigenvalue weighted by atomic mass is 19.1. The summed E-state index contributed by atoms with van der Waals surface area (Å²) in [7, 11) is 0. The molecule has 0 saturated carbocycles. The number of nitrogens with zero attached hydrogens (tertiary/aromatic N) is 7. The summed E-state index contributed by atoms with van der Waals surface area (Å²) in [5.74, 6) is 0.675. The Morgan fingerprint density at radius 2 is 1.97 bits per heavy atom. The van der Waals surface area contributed by atoms with Crippen molar-refractivity contribution in [3.63, 3.8) is 0 Å². The van der Waals surface area contributed by atoms with Gasteiger partial charge in [0.1, 0.15) is 12.0 Å². The number of carbonyl (C=O) groups is 1. The van der Waals surface area contributed by atoms with Crippen molar-refractivity contribution in [3.8, 4) is 0 Å². The van der Waals surface area contributed by atoms with Gasteiger partial charge in [-0.2, -0.15) is 0 Å². The van der Waals surface area contributed by atoms with Crippen LogP contribution in [0, 0.1) is 0 Å². The number of para-hydroxylation sites is 2. The molecule has 6 rings (SSSR count). The number of likely N-dealkylation sites (tertiary alicyclic amines) is 1. The molecule has 1 N–H and O–H groups in total. The average molecular weight is 493 g/mol. The van der Waals surface area contributed by atoms with E-state index < -0.39 is 5.67 Å². The van der Waals surface area contributed by atoms with Crippen molar-refractivity contribution in [1.29, 1.82) is 0 Å². The number of hydrogen-bond donors (Lipinski definition) is 1. The molecule has 36 heavy (non-hydrogen) atoms. The van der Waals surface area contributed by atoms with E-state index in [0.29, 0.717) is 49.6 Å². The monoisotopic (exact) mass is 492 g/mol. The summed E-state index contributed by atoms with van der Waals surface area (Å²) in [6.07, 6.45) is 3.38. The van der Waals surface area contributed by atoms with Crippen LogP contribution in [-0.2, 0) is 6.54 Å². The first kappa shape index (κ1) is 22.7. The molecular weight excluding hydrogens is 463 g/mol. The highest BCUT2D eigenvalue weighted by Crippen LogP contribution is 2.31. The lowest BCUT2D eigenvalue weighted by molar-refractivity contribution is 0.0744. The Bertz CT molecular complexity index is 1510. The van der Waals surface area contributed by atoms with Gasteiger partial charge in [-0.05, 0) is 38.8 Å². The molecule has 2 fully saturated rings. The van der Waals surface area contributed by atoms with E-state index in [-0.39, 0.29) is 30.0 Å². The normalized spacial score (nSPS) is 21.2. The zero-order valence-corrected chi connectivity index (χ0v) is 20.4. The minimum Gasteiger partial charge on any atom is -0.355 e. The molecule has 10 nitrogen and oxygen atoms in total. The second-order valence-corrected chi connectivity index (χ2v) is 9.97. The fraction of sp³-hybridized carbons (Fsp3) is 0.480. The van der Waals surface area contributed by atoms with E-state index in [4.69, 9.17) is 4.98 Å². The molecule has 0 radical (unpaired) electrons. The first-order valence-corrected chi connectivity index (χ1v) is 12.5. The van der Waals surface area contributed by atoms with Gasteiger partial charge in [-0.1, -0.05) is 12.1 Å². The standard InChI is InChI=1S/C25H29FN8O2/c1-3-33-21-19(30-22(33)23(35)32-13-10-25(2,26)14-32)20(27-15-28-21)31-11-8-16(9-12-31)34-18-7-5-4-6-17(18)29-24(34)36/h4-7,15-16H,3,8-14H2,1-2H3,(H,29,36). The predicted octanol–water partition coefficient (Wildman–Crippen LogP) is 2.90. The lowest BCUT2D eigenvalue weighted by Crippen LogP contribution is -2.37. The number of aryl methyl sites for hydroxylation is 1. The van der Waals surface area contributed by atoms with E-state index in [1.54, 1.807) is 4.57 Å². The summed E-state index contributed by atoms with van der Waals surface area (Å²) in [6, 6.07) is 7.82. The summed E-state index contributed by atoms with van der Waals surface area (Å²) < 4.78 is 18.0. The van der Waals surface area contributed by atoms with Crippen molar-refractivity contribution in [1.82, 2.24) is 34.0 Å². The van der Waals surface area contributed by atoms with Crippen molar-refractivity contribution in [2.75, 3.05) is 31.1 Å².